The lowest BCUT2D eigenvalue weighted by molar-refractivity contribution is -0.0767. The fraction of sp³-hybridized carbons (Fsp3) is 0.450. The third kappa shape index (κ3) is 8.03. The minimum absolute atomic E-state index is 0.0546. The molecule has 1 saturated carbocycles. The van der Waals surface area contributed by atoms with Crippen LogP contribution in [0.25, 0.3) is 0 Å². The molecule has 47 heavy (non-hydrogen) atoms. The molecule has 2 amide bonds. The molecule has 4 atom stereocenters. The van der Waals surface area contributed by atoms with Crippen LogP contribution in [0.4, 0.5) is 10.5 Å². The van der Waals surface area contributed by atoms with Gasteiger partial charge in [-0.1, -0.05) is 79.2 Å². The number of carbonyl (C=O) groups is 2. The van der Waals surface area contributed by atoms with Crippen molar-refractivity contribution in [2.24, 2.45) is 5.41 Å². The van der Waals surface area contributed by atoms with Crippen LogP contribution in [0.2, 0.25) is 0 Å². The predicted octanol–water partition coefficient (Wildman–Crippen LogP) is 7.53. The number of allylic oxidation sites excluding steroid dienone is 2. The van der Waals surface area contributed by atoms with E-state index in [0.29, 0.717) is 68.5 Å². The van der Waals surface area contributed by atoms with Crippen molar-refractivity contribution in [3.8, 4) is 0 Å². The number of ketones is 1. The molecule has 0 spiro atoms. The quantitative estimate of drug-likeness (QED) is 0.128. The number of nitrogens with one attached hydrogen (secondary N) is 1. The van der Waals surface area contributed by atoms with Gasteiger partial charge in [-0.05, 0) is 93.5 Å². The molecule has 7 heteroatoms. The van der Waals surface area contributed by atoms with E-state index in [9.17, 15) is 19.8 Å². The van der Waals surface area contributed by atoms with Crippen LogP contribution in [-0.2, 0) is 11.2 Å². The van der Waals surface area contributed by atoms with Gasteiger partial charge in [0.05, 0.1) is 18.2 Å². The molecule has 0 heterocycles. The molecule has 3 aliphatic rings. The number of urea groups is 1. The smallest absolute Gasteiger partial charge is 0.321 e. The maximum Gasteiger partial charge on any atom is 0.321 e. The molecular weight excluding hydrogens is 588 g/mol. The fourth-order valence-corrected chi connectivity index (χ4v) is 7.63. The number of benzene rings is 3. The number of amides is 2. The highest BCUT2D eigenvalue weighted by Gasteiger charge is 2.57. The minimum Gasteiger partial charge on any atom is -0.393 e. The summed E-state index contributed by atoms with van der Waals surface area (Å²) >= 11 is 0. The van der Waals surface area contributed by atoms with E-state index in [1.165, 1.54) is 5.57 Å². The molecule has 3 aliphatic carbocycles. The Morgan fingerprint density at radius 3 is 2.45 bits per heavy atom. The minimum atomic E-state index is -1.21. The van der Waals surface area contributed by atoms with Crippen LogP contribution in [0, 0.1) is 5.41 Å². The summed E-state index contributed by atoms with van der Waals surface area (Å²) < 4.78 is 5.31. The first-order valence-corrected chi connectivity index (χ1v) is 17.0. The van der Waals surface area contributed by atoms with Gasteiger partial charge in [0.2, 0.25) is 0 Å². The second-order valence-corrected chi connectivity index (χ2v) is 13.7. The Kier molecular flexibility index (Phi) is 11.3. The summed E-state index contributed by atoms with van der Waals surface area (Å²) in [7, 11) is 1.65. The van der Waals surface area contributed by atoms with Gasteiger partial charge < -0.3 is 25.2 Å². The standard InChI is InChI=1S/C40H50N2O5/c1-29-12-10-22-39(2)36(21-23-40(39,46)28-42(24-11-25-47-3)38(45)41-32-15-8-5-9-16-32)34-20-18-30(26-33(43)19-17-29)27-35(34)37(44)31-13-6-4-7-14-31/h4-9,12-16,18,20,27,33,36,43,46H,10-11,17,19,21-26,28H2,1-3H3,(H,41,45). The second-order valence-electron chi connectivity index (χ2n) is 13.7. The molecule has 3 aromatic rings. The molecule has 4 unspecified atom stereocenters. The zero-order valence-electron chi connectivity index (χ0n) is 28.1. The molecule has 0 aromatic heterocycles. The van der Waals surface area contributed by atoms with Crippen molar-refractivity contribution >= 4 is 17.5 Å². The van der Waals surface area contributed by atoms with Gasteiger partial charge in [0.25, 0.3) is 0 Å². The van der Waals surface area contributed by atoms with Crippen molar-refractivity contribution in [2.75, 3.05) is 32.1 Å². The van der Waals surface area contributed by atoms with Crippen molar-refractivity contribution in [1.29, 1.82) is 0 Å². The number of aliphatic hydroxyl groups is 2. The van der Waals surface area contributed by atoms with Gasteiger partial charge in [-0.2, -0.15) is 0 Å². The van der Waals surface area contributed by atoms with Gasteiger partial charge >= 0.3 is 6.03 Å². The van der Waals surface area contributed by atoms with Crippen molar-refractivity contribution in [2.45, 2.75) is 82.8 Å². The lowest BCUT2D eigenvalue weighted by Gasteiger charge is -2.46. The number of rotatable bonds is 9. The van der Waals surface area contributed by atoms with Crippen LogP contribution in [0.15, 0.2) is 90.5 Å². The highest BCUT2D eigenvalue weighted by molar-refractivity contribution is 6.10. The normalized spacial score (nSPS) is 24.6. The molecule has 6 rings (SSSR count). The lowest BCUT2D eigenvalue weighted by Crippen LogP contribution is -2.54. The zero-order chi connectivity index (χ0) is 33.4. The number of anilines is 1. The highest BCUT2D eigenvalue weighted by atomic mass is 16.5. The van der Waals surface area contributed by atoms with E-state index in [1.807, 2.05) is 72.8 Å². The summed E-state index contributed by atoms with van der Waals surface area (Å²) in [4.78, 5) is 29.6. The molecule has 0 radical (unpaired) electrons. The lowest BCUT2D eigenvalue weighted by atomic mass is 9.64. The van der Waals surface area contributed by atoms with E-state index >= 15 is 0 Å². The molecule has 3 aromatic carbocycles. The van der Waals surface area contributed by atoms with Gasteiger partial charge in [0.15, 0.2) is 5.78 Å². The van der Waals surface area contributed by atoms with Crippen LogP contribution in [0.3, 0.4) is 0 Å². The van der Waals surface area contributed by atoms with Crippen LogP contribution >= 0.6 is 0 Å². The average Bonchev–Trinajstić information content (AvgIpc) is 3.32. The van der Waals surface area contributed by atoms with Crippen LogP contribution in [-0.4, -0.2) is 65.4 Å². The molecular formula is C40H50N2O5. The fourth-order valence-electron chi connectivity index (χ4n) is 7.63. The first-order chi connectivity index (χ1) is 22.6. The van der Waals surface area contributed by atoms with Crippen LogP contribution in [0.5, 0.6) is 0 Å². The number of nitrogens with zero attached hydrogens (tertiary/aromatic N) is 1. The average molecular weight is 639 g/mol. The number of fused-ring (bicyclic) bond motifs is 8. The van der Waals surface area contributed by atoms with Gasteiger partial charge in [-0.3, -0.25) is 4.79 Å². The number of hydrogen-bond acceptors (Lipinski definition) is 5. The van der Waals surface area contributed by atoms with Gasteiger partial charge in [0, 0.05) is 42.5 Å². The van der Waals surface area contributed by atoms with Crippen molar-refractivity contribution < 1.29 is 24.5 Å². The molecule has 7 nitrogen and oxygen atoms in total. The Morgan fingerprint density at radius 1 is 1.00 bits per heavy atom. The van der Waals surface area contributed by atoms with Gasteiger partial charge in [0.1, 0.15) is 0 Å². The monoisotopic (exact) mass is 638 g/mol. The van der Waals surface area contributed by atoms with Crippen molar-refractivity contribution in [1.82, 2.24) is 4.90 Å². The highest BCUT2D eigenvalue weighted by Crippen LogP contribution is 2.59. The molecule has 2 bridgehead atoms. The Labute approximate surface area is 279 Å². The summed E-state index contributed by atoms with van der Waals surface area (Å²) in [5.41, 5.74) is 3.16. The number of methoxy groups -OCH3 is 1. The van der Waals surface area contributed by atoms with E-state index in [2.05, 4.69) is 31.3 Å². The molecule has 250 valence electrons. The Hall–Kier alpha value is -3.78. The molecule has 0 saturated heterocycles. The molecule has 0 aliphatic heterocycles. The van der Waals surface area contributed by atoms with Gasteiger partial charge in [-0.15, -0.1) is 0 Å². The summed E-state index contributed by atoms with van der Waals surface area (Å²) in [5.74, 6) is -0.176. The molecule has 1 fully saturated rings. The maximum atomic E-state index is 14.2. The summed E-state index contributed by atoms with van der Waals surface area (Å²) in [6.45, 7) is 5.36. The second kappa shape index (κ2) is 15.4. The van der Waals surface area contributed by atoms with E-state index in [0.717, 1.165) is 24.0 Å². The Morgan fingerprint density at radius 2 is 1.72 bits per heavy atom. The predicted molar refractivity (Wildman–Crippen MR) is 187 cm³/mol. The topological polar surface area (TPSA) is 99.1 Å². The first kappa shape index (κ1) is 34.6. The van der Waals surface area contributed by atoms with E-state index in [1.54, 1.807) is 12.0 Å². The number of hydrogen-bond donors (Lipinski definition) is 3. The van der Waals surface area contributed by atoms with Gasteiger partial charge in [-0.25, -0.2) is 4.79 Å². The number of aliphatic hydroxyl groups excluding tert-OH is 1. The third-order valence-electron chi connectivity index (χ3n) is 10.5. The van der Waals surface area contributed by atoms with Crippen molar-refractivity contribution in [3.05, 3.63) is 113 Å². The van der Waals surface area contributed by atoms with E-state index in [4.69, 9.17) is 4.74 Å². The first-order valence-electron chi connectivity index (χ1n) is 17.0. The van der Waals surface area contributed by atoms with Crippen LogP contribution in [0.1, 0.15) is 91.8 Å². The largest absolute Gasteiger partial charge is 0.393 e. The molecule has 3 N–H and O–H groups in total. The number of carbonyl (C=O) groups excluding carboxylic acids is 2. The van der Waals surface area contributed by atoms with Crippen molar-refractivity contribution in [3.63, 3.8) is 0 Å². The van der Waals surface area contributed by atoms with Crippen LogP contribution < -0.4 is 5.32 Å². The third-order valence-corrected chi connectivity index (χ3v) is 10.5. The summed E-state index contributed by atoms with van der Waals surface area (Å²) in [6, 6.07) is 24.5. The zero-order valence-corrected chi connectivity index (χ0v) is 28.1. The summed E-state index contributed by atoms with van der Waals surface area (Å²) in [6.07, 6.45) is 6.87. The SMILES string of the molecule is COCCCN(CC1(O)CCC2c3ccc(cc3C(=O)c3ccccc3)CC(O)CCC(C)=CCCC21C)C(=O)Nc1ccccc1. The van der Waals surface area contributed by atoms with E-state index in [-0.39, 0.29) is 24.3 Å². The summed E-state index contributed by atoms with van der Waals surface area (Å²) in [5, 5.41) is 26.7. The Balaban J connectivity index is 1.55. The Bertz CT molecular complexity index is 1540. The number of para-hydroxylation sites is 1. The van der Waals surface area contributed by atoms with E-state index < -0.39 is 17.1 Å². The number of ether oxygens (including phenoxy) is 1. The maximum absolute atomic E-state index is 14.2.